The SMILES string of the molecule is CCO[Si](OCC)(OCC)c1ccc(C[n+]2ccn(-c3c(C)cc(C)cc3C)c2)cc1.CCO[Si](OCC)(OCC)c1ccc(C[n+]2ccn(-c3c(C)cc(C)cc3C)c2)cc1.[Br-].[Cl-]. The summed E-state index contributed by atoms with van der Waals surface area (Å²) in [5.41, 5.74) is 12.7. The second kappa shape index (κ2) is 25.8. The summed E-state index contributed by atoms with van der Waals surface area (Å²) in [4.78, 5) is 0. The minimum absolute atomic E-state index is 0. The van der Waals surface area contributed by atoms with E-state index in [0.717, 1.165) is 23.5 Å². The van der Waals surface area contributed by atoms with Crippen LogP contribution in [0.2, 0.25) is 0 Å². The first-order valence-corrected chi connectivity index (χ1v) is 25.6. The van der Waals surface area contributed by atoms with Gasteiger partial charge in [-0.25, -0.2) is 18.3 Å². The molecule has 2 aromatic heterocycles. The van der Waals surface area contributed by atoms with Crippen molar-refractivity contribution >= 4 is 28.0 Å². The van der Waals surface area contributed by atoms with Gasteiger partial charge in [-0.2, -0.15) is 0 Å². The Kier molecular flexibility index (Phi) is 22.0. The van der Waals surface area contributed by atoms with Crippen LogP contribution < -0.4 is 48.9 Å². The number of rotatable bonds is 20. The van der Waals surface area contributed by atoms with Crippen LogP contribution >= 0.6 is 0 Å². The highest BCUT2D eigenvalue weighted by Crippen LogP contribution is 2.22. The third kappa shape index (κ3) is 13.7. The Morgan fingerprint density at radius 1 is 0.438 bits per heavy atom. The molecule has 0 amide bonds. The second-order valence-electron chi connectivity index (χ2n) is 15.6. The molecule has 0 bridgehead atoms. The lowest BCUT2D eigenvalue weighted by molar-refractivity contribution is -0.687. The number of aromatic nitrogens is 4. The summed E-state index contributed by atoms with van der Waals surface area (Å²) in [6.45, 7) is 29.8. The number of benzene rings is 4. The van der Waals surface area contributed by atoms with Gasteiger partial charge < -0.3 is 55.9 Å². The van der Waals surface area contributed by atoms with Crippen LogP contribution in [0.5, 0.6) is 0 Å². The normalized spacial score (nSPS) is 11.4. The van der Waals surface area contributed by atoms with Gasteiger partial charge in [0, 0.05) is 50.0 Å². The van der Waals surface area contributed by atoms with Gasteiger partial charge in [-0.15, -0.1) is 0 Å². The lowest BCUT2D eigenvalue weighted by Gasteiger charge is -2.28. The molecule has 64 heavy (non-hydrogen) atoms. The summed E-state index contributed by atoms with van der Waals surface area (Å²) in [7, 11) is -5.71. The van der Waals surface area contributed by atoms with Crippen molar-refractivity contribution < 1.29 is 65.1 Å². The topological polar surface area (TPSA) is 73.0 Å². The molecule has 0 aliphatic heterocycles. The van der Waals surface area contributed by atoms with Crippen LogP contribution in [0, 0.1) is 41.5 Å². The molecule has 0 radical (unpaired) electrons. The molecule has 10 nitrogen and oxygen atoms in total. The fourth-order valence-corrected chi connectivity index (χ4v) is 13.3. The molecule has 0 aliphatic rings. The number of hydrogen-bond donors (Lipinski definition) is 0. The first-order valence-electron chi connectivity index (χ1n) is 22.2. The molecule has 0 spiro atoms. The summed E-state index contributed by atoms with van der Waals surface area (Å²) in [6, 6.07) is 25.9. The van der Waals surface area contributed by atoms with Crippen molar-refractivity contribution in [1.82, 2.24) is 9.13 Å². The number of hydrogen-bond acceptors (Lipinski definition) is 6. The van der Waals surface area contributed by atoms with Gasteiger partial charge in [-0.05, 0) is 116 Å². The second-order valence-corrected chi connectivity index (χ2v) is 20.7. The highest BCUT2D eigenvalue weighted by atomic mass is 79.9. The van der Waals surface area contributed by atoms with Gasteiger partial charge in [-0.1, -0.05) is 83.9 Å². The average molecular weight is 995 g/mol. The van der Waals surface area contributed by atoms with Crippen LogP contribution in [-0.4, -0.2) is 66.4 Å². The Labute approximate surface area is 402 Å². The standard InChI is InChI=1S/2C25H35N2O3Si.BrH.ClH/c2*1-7-28-31(29-8-2,30-9-3)24-12-10-23(11-13-24)18-26-14-15-27(19-26)25-21(5)16-20(4)17-22(25)6;;/h2*10-17,19H,7-9,18H2,1-6H3;2*1H/q2*+1;;/p-2. The third-order valence-corrected chi connectivity index (χ3v) is 16.6. The van der Waals surface area contributed by atoms with Gasteiger partial charge in [0.15, 0.2) is 0 Å². The monoisotopic (exact) mass is 992 g/mol. The van der Waals surface area contributed by atoms with E-state index in [1.807, 2.05) is 41.5 Å². The van der Waals surface area contributed by atoms with E-state index >= 15 is 0 Å². The van der Waals surface area contributed by atoms with Crippen molar-refractivity contribution in [2.45, 2.75) is 96.2 Å². The minimum Gasteiger partial charge on any atom is -1.00 e. The molecule has 0 saturated heterocycles. The Morgan fingerprint density at radius 2 is 0.703 bits per heavy atom. The van der Waals surface area contributed by atoms with Crippen molar-refractivity contribution in [3.8, 4) is 11.4 Å². The van der Waals surface area contributed by atoms with Gasteiger partial charge in [-0.3, -0.25) is 0 Å². The summed E-state index contributed by atoms with van der Waals surface area (Å²) in [6.07, 6.45) is 12.8. The largest absolute Gasteiger partial charge is 1.00 e. The molecule has 348 valence electrons. The van der Waals surface area contributed by atoms with Crippen LogP contribution in [0.15, 0.2) is 110 Å². The van der Waals surface area contributed by atoms with Gasteiger partial charge in [0.2, 0.25) is 12.7 Å². The van der Waals surface area contributed by atoms with Crippen LogP contribution in [0.1, 0.15) is 86.1 Å². The maximum absolute atomic E-state index is 6.02. The summed E-state index contributed by atoms with van der Waals surface area (Å²) < 4.78 is 45.0. The van der Waals surface area contributed by atoms with Crippen molar-refractivity contribution in [3.05, 3.63) is 155 Å². The Balaban J connectivity index is 0.000000330. The van der Waals surface area contributed by atoms with Crippen LogP contribution in [0.25, 0.3) is 11.4 Å². The lowest BCUT2D eigenvalue weighted by atomic mass is 10.1. The zero-order chi connectivity index (χ0) is 44.9. The van der Waals surface area contributed by atoms with E-state index in [4.69, 9.17) is 26.6 Å². The number of halogens is 2. The predicted octanol–water partition coefficient (Wildman–Crippen LogP) is 2.00. The smallest absolute Gasteiger partial charge is 0.537 e. The Bertz CT molecular complexity index is 2090. The quantitative estimate of drug-likeness (QED) is 0.0863. The summed E-state index contributed by atoms with van der Waals surface area (Å²) in [5.74, 6) is 0. The van der Waals surface area contributed by atoms with Gasteiger partial charge in [0.05, 0.1) is 0 Å². The van der Waals surface area contributed by atoms with E-state index in [1.54, 1.807) is 0 Å². The molecule has 6 aromatic rings. The highest BCUT2D eigenvalue weighted by molar-refractivity contribution is 6.75. The van der Waals surface area contributed by atoms with Gasteiger partial charge in [0.25, 0.3) is 0 Å². The Morgan fingerprint density at radius 3 is 0.953 bits per heavy atom. The van der Waals surface area contributed by atoms with E-state index in [1.165, 1.54) is 55.9 Å². The van der Waals surface area contributed by atoms with E-state index in [-0.39, 0.29) is 29.4 Å². The average Bonchev–Trinajstić information content (AvgIpc) is 3.88. The number of imidazole rings is 2. The van der Waals surface area contributed by atoms with E-state index < -0.39 is 17.6 Å². The fourth-order valence-electron chi connectivity index (χ4n) is 8.34. The molecule has 0 aliphatic carbocycles. The first kappa shape index (κ1) is 54.6. The summed E-state index contributed by atoms with van der Waals surface area (Å²) >= 11 is 0. The number of aryl methyl sites for hydroxylation is 6. The van der Waals surface area contributed by atoms with Crippen LogP contribution in [0.4, 0.5) is 0 Å². The predicted molar refractivity (Wildman–Crippen MR) is 252 cm³/mol. The van der Waals surface area contributed by atoms with Crippen molar-refractivity contribution in [2.75, 3.05) is 39.6 Å². The Hall–Kier alpha value is -3.74. The first-order chi connectivity index (χ1) is 29.8. The molecular formula is C50H70BrClN4O6Si2. The number of nitrogens with zero attached hydrogens (tertiary/aromatic N) is 4. The van der Waals surface area contributed by atoms with Gasteiger partial charge in [0.1, 0.15) is 49.3 Å². The molecule has 4 aromatic carbocycles. The molecule has 0 unspecified atom stereocenters. The van der Waals surface area contributed by atoms with E-state index in [0.29, 0.717) is 39.6 Å². The molecule has 0 atom stereocenters. The third-order valence-electron chi connectivity index (χ3n) is 10.5. The fraction of sp³-hybridized carbons (Fsp3) is 0.400. The summed E-state index contributed by atoms with van der Waals surface area (Å²) in [5, 5.41) is 2.02. The minimum atomic E-state index is -2.85. The zero-order valence-corrected chi connectivity index (χ0v) is 44.4. The maximum atomic E-state index is 6.02. The zero-order valence-electron chi connectivity index (χ0n) is 40.0. The molecule has 14 heteroatoms. The molecule has 6 rings (SSSR count). The van der Waals surface area contributed by atoms with Crippen LogP contribution in [-0.2, 0) is 39.6 Å². The van der Waals surface area contributed by atoms with Crippen molar-refractivity contribution in [3.63, 3.8) is 0 Å². The molecule has 2 heterocycles. The highest BCUT2D eigenvalue weighted by Gasteiger charge is 2.44. The van der Waals surface area contributed by atoms with E-state index in [9.17, 15) is 0 Å². The van der Waals surface area contributed by atoms with E-state index in [2.05, 4.69) is 170 Å². The molecular weight excluding hydrogens is 924 g/mol. The molecule has 0 saturated carbocycles. The van der Waals surface area contributed by atoms with Gasteiger partial charge >= 0.3 is 17.6 Å². The maximum Gasteiger partial charge on any atom is 0.537 e. The van der Waals surface area contributed by atoms with Crippen LogP contribution in [0.3, 0.4) is 0 Å². The lowest BCUT2D eigenvalue weighted by Crippen LogP contribution is -3.00. The molecule has 0 N–H and O–H groups in total. The van der Waals surface area contributed by atoms with Crippen molar-refractivity contribution in [1.29, 1.82) is 0 Å². The molecule has 0 fully saturated rings. The van der Waals surface area contributed by atoms with Crippen molar-refractivity contribution in [2.24, 2.45) is 0 Å².